The largest absolute Gasteiger partial charge is 0.508 e. The Morgan fingerprint density at radius 3 is 1.50 bits per heavy atom. The van der Waals surface area contributed by atoms with E-state index in [0.29, 0.717) is 0 Å². The van der Waals surface area contributed by atoms with Crippen molar-refractivity contribution >= 4 is 5.97 Å². The molecule has 0 aliphatic rings. The summed E-state index contributed by atoms with van der Waals surface area (Å²) in [5.41, 5.74) is 1.47. The molecule has 0 saturated carbocycles. The molecule has 0 unspecified atom stereocenters. The zero-order valence-electron chi connectivity index (χ0n) is 8.40. The van der Waals surface area contributed by atoms with Crippen LogP contribution in [-0.4, -0.2) is 21.3 Å². The number of phenolic OH excluding ortho intramolecular Hbond substituents is 2. The molecular weight excluding hydrogens is 184 g/mol. The molecule has 0 amide bonds. The summed E-state index contributed by atoms with van der Waals surface area (Å²) in [5.74, 6) is -0.370. The Balaban J connectivity index is 0.000000364. The second kappa shape index (κ2) is 5.11. The molecule has 0 bridgehead atoms. The number of carbonyl (C=O) groups is 1. The highest BCUT2D eigenvalue weighted by molar-refractivity contribution is 5.62. The lowest BCUT2D eigenvalue weighted by atomic mass is 10.1. The summed E-state index contributed by atoms with van der Waals surface area (Å²) >= 11 is 0. The van der Waals surface area contributed by atoms with Crippen molar-refractivity contribution in [1.82, 2.24) is 0 Å². The van der Waals surface area contributed by atoms with E-state index in [1.54, 1.807) is 13.8 Å². The van der Waals surface area contributed by atoms with Gasteiger partial charge >= 0.3 is 0 Å². The molecule has 1 aromatic carbocycles. The van der Waals surface area contributed by atoms with E-state index in [4.69, 9.17) is 20.1 Å². The lowest BCUT2D eigenvalue weighted by Crippen LogP contribution is -1.81. The van der Waals surface area contributed by atoms with E-state index >= 15 is 0 Å². The quantitative estimate of drug-likeness (QED) is 0.555. The minimum atomic E-state index is -0.833. The molecule has 0 atom stereocenters. The van der Waals surface area contributed by atoms with Crippen LogP contribution in [0.2, 0.25) is 0 Å². The number of carboxylic acids is 1. The minimum Gasteiger partial charge on any atom is -0.508 e. The first-order valence-electron chi connectivity index (χ1n) is 4.04. The van der Waals surface area contributed by atoms with Gasteiger partial charge in [0.2, 0.25) is 0 Å². The molecule has 0 aliphatic heterocycles. The van der Waals surface area contributed by atoms with E-state index in [9.17, 15) is 0 Å². The van der Waals surface area contributed by atoms with Crippen molar-refractivity contribution < 1.29 is 20.1 Å². The molecule has 4 heteroatoms. The standard InChI is InChI=1S/C8H10O2.C2H4O2/c1-5-6(2)8(10)4-3-7(5)9;1-2(3)4/h3-4,9-10H,1-2H3;1H3,(H,3,4). The van der Waals surface area contributed by atoms with E-state index in [0.717, 1.165) is 18.1 Å². The fourth-order valence-electron chi connectivity index (χ4n) is 0.792. The van der Waals surface area contributed by atoms with Crippen molar-refractivity contribution in [2.24, 2.45) is 0 Å². The Hall–Kier alpha value is -1.71. The highest BCUT2D eigenvalue weighted by Crippen LogP contribution is 2.26. The first-order valence-corrected chi connectivity index (χ1v) is 4.04. The average Bonchev–Trinajstić information content (AvgIpc) is 2.07. The molecule has 4 nitrogen and oxygen atoms in total. The first-order chi connectivity index (χ1) is 6.36. The van der Waals surface area contributed by atoms with E-state index in [2.05, 4.69) is 0 Å². The topological polar surface area (TPSA) is 77.8 Å². The molecule has 1 rings (SSSR count). The predicted molar refractivity (Wildman–Crippen MR) is 52.6 cm³/mol. The van der Waals surface area contributed by atoms with Gasteiger partial charge in [-0.2, -0.15) is 0 Å². The van der Waals surface area contributed by atoms with Crippen molar-refractivity contribution in [2.45, 2.75) is 20.8 Å². The number of hydrogen-bond acceptors (Lipinski definition) is 3. The third-order valence-corrected chi connectivity index (χ3v) is 1.73. The van der Waals surface area contributed by atoms with Crippen LogP contribution in [0.3, 0.4) is 0 Å². The van der Waals surface area contributed by atoms with Crippen LogP contribution in [-0.2, 0) is 4.79 Å². The predicted octanol–water partition coefficient (Wildman–Crippen LogP) is 1.81. The number of carboxylic acid groups (broad SMARTS) is 1. The summed E-state index contributed by atoms with van der Waals surface area (Å²) in [5, 5.41) is 25.6. The van der Waals surface area contributed by atoms with E-state index in [1.807, 2.05) is 0 Å². The van der Waals surface area contributed by atoms with Crippen LogP contribution >= 0.6 is 0 Å². The Kier molecular flexibility index (Phi) is 4.49. The Bertz CT molecular complexity index is 300. The van der Waals surface area contributed by atoms with E-state index in [1.165, 1.54) is 12.1 Å². The van der Waals surface area contributed by atoms with Gasteiger partial charge in [-0.3, -0.25) is 4.79 Å². The number of benzene rings is 1. The third-order valence-electron chi connectivity index (χ3n) is 1.73. The van der Waals surface area contributed by atoms with Crippen LogP contribution in [0, 0.1) is 13.8 Å². The summed E-state index contributed by atoms with van der Waals surface area (Å²) in [4.78, 5) is 9.00. The number of aliphatic carboxylic acids is 1. The van der Waals surface area contributed by atoms with Crippen molar-refractivity contribution in [3.8, 4) is 11.5 Å². The van der Waals surface area contributed by atoms with Crippen LogP contribution in [0.5, 0.6) is 11.5 Å². The molecule has 0 saturated heterocycles. The van der Waals surface area contributed by atoms with Gasteiger partial charge in [0.1, 0.15) is 11.5 Å². The Morgan fingerprint density at radius 2 is 1.29 bits per heavy atom. The molecular formula is C10H14O4. The molecule has 0 fully saturated rings. The molecule has 0 spiro atoms. The summed E-state index contributed by atoms with van der Waals surface area (Å²) in [6, 6.07) is 2.97. The molecule has 0 radical (unpaired) electrons. The number of hydrogen-bond donors (Lipinski definition) is 3. The fraction of sp³-hybridized carbons (Fsp3) is 0.300. The lowest BCUT2D eigenvalue weighted by Gasteiger charge is -2.03. The second-order valence-corrected chi connectivity index (χ2v) is 2.87. The summed E-state index contributed by atoms with van der Waals surface area (Å²) in [6.07, 6.45) is 0. The van der Waals surface area contributed by atoms with Crippen molar-refractivity contribution in [1.29, 1.82) is 0 Å². The van der Waals surface area contributed by atoms with E-state index < -0.39 is 5.97 Å². The van der Waals surface area contributed by atoms with Crippen LogP contribution in [0.1, 0.15) is 18.1 Å². The maximum Gasteiger partial charge on any atom is 0.300 e. The van der Waals surface area contributed by atoms with Crippen LogP contribution < -0.4 is 0 Å². The van der Waals surface area contributed by atoms with Gasteiger partial charge in [0.05, 0.1) is 0 Å². The number of rotatable bonds is 0. The zero-order valence-corrected chi connectivity index (χ0v) is 8.40. The first kappa shape index (κ1) is 12.3. The Morgan fingerprint density at radius 1 is 1.07 bits per heavy atom. The van der Waals surface area contributed by atoms with Gasteiger partial charge in [-0.25, -0.2) is 0 Å². The Labute approximate surface area is 82.4 Å². The van der Waals surface area contributed by atoms with Crippen LogP contribution in [0.4, 0.5) is 0 Å². The normalized spacial score (nSPS) is 8.79. The van der Waals surface area contributed by atoms with E-state index in [-0.39, 0.29) is 11.5 Å². The van der Waals surface area contributed by atoms with Crippen molar-refractivity contribution in [2.75, 3.05) is 0 Å². The third kappa shape index (κ3) is 3.80. The molecule has 14 heavy (non-hydrogen) atoms. The molecule has 3 N–H and O–H groups in total. The maximum atomic E-state index is 9.11. The van der Waals surface area contributed by atoms with Crippen LogP contribution in [0.15, 0.2) is 12.1 Å². The molecule has 0 heterocycles. The molecule has 0 aromatic heterocycles. The van der Waals surface area contributed by atoms with Crippen molar-refractivity contribution in [3.63, 3.8) is 0 Å². The molecule has 1 aromatic rings. The smallest absolute Gasteiger partial charge is 0.300 e. The minimum absolute atomic E-state index is 0.232. The van der Waals surface area contributed by atoms with Gasteiger partial charge in [-0.15, -0.1) is 0 Å². The summed E-state index contributed by atoms with van der Waals surface area (Å²) < 4.78 is 0. The molecule has 78 valence electrons. The van der Waals surface area contributed by atoms with Crippen molar-refractivity contribution in [3.05, 3.63) is 23.3 Å². The maximum absolute atomic E-state index is 9.11. The van der Waals surface area contributed by atoms with Gasteiger partial charge in [-0.05, 0) is 37.1 Å². The van der Waals surface area contributed by atoms with Crippen LogP contribution in [0.25, 0.3) is 0 Å². The monoisotopic (exact) mass is 198 g/mol. The number of aromatic hydroxyl groups is 2. The number of phenols is 2. The summed E-state index contributed by atoms with van der Waals surface area (Å²) in [6.45, 7) is 4.62. The fourth-order valence-corrected chi connectivity index (χ4v) is 0.792. The second-order valence-electron chi connectivity index (χ2n) is 2.87. The van der Waals surface area contributed by atoms with Gasteiger partial charge in [-0.1, -0.05) is 0 Å². The SMILES string of the molecule is CC(=O)O.Cc1c(O)ccc(O)c1C. The lowest BCUT2D eigenvalue weighted by molar-refractivity contribution is -0.134. The average molecular weight is 198 g/mol. The summed E-state index contributed by atoms with van der Waals surface area (Å²) in [7, 11) is 0. The highest BCUT2D eigenvalue weighted by Gasteiger charge is 2.02. The molecule has 0 aliphatic carbocycles. The van der Waals surface area contributed by atoms with Gasteiger partial charge in [0.25, 0.3) is 5.97 Å². The van der Waals surface area contributed by atoms with Gasteiger partial charge in [0.15, 0.2) is 0 Å². The highest BCUT2D eigenvalue weighted by atomic mass is 16.4. The van der Waals surface area contributed by atoms with Gasteiger partial charge < -0.3 is 15.3 Å². The van der Waals surface area contributed by atoms with Gasteiger partial charge in [0, 0.05) is 6.92 Å². The zero-order chi connectivity index (χ0) is 11.3.